The summed E-state index contributed by atoms with van der Waals surface area (Å²) in [6.45, 7) is 2.38. The fraction of sp³-hybridized carbons (Fsp3) is 0.500. The minimum absolute atomic E-state index is 0.0776. The number of hydrogen-bond acceptors (Lipinski definition) is 7. The zero-order valence-electron chi connectivity index (χ0n) is 24.1. The highest BCUT2D eigenvalue weighted by Crippen LogP contribution is 2.48. The van der Waals surface area contributed by atoms with E-state index in [0.717, 1.165) is 11.0 Å². The minimum Gasteiger partial charge on any atom is -0.492 e. The molecule has 2 rings (SSSR count). The first kappa shape index (κ1) is 37.0. The van der Waals surface area contributed by atoms with Crippen LogP contribution >= 0.6 is 0 Å². The lowest BCUT2D eigenvalue weighted by atomic mass is 10.0. The number of benzene rings is 2. The molecule has 10 nitrogen and oxygen atoms in total. The molecule has 0 saturated carbocycles. The molecule has 2 aromatic carbocycles. The van der Waals surface area contributed by atoms with Gasteiger partial charge in [0.05, 0.1) is 17.5 Å². The summed E-state index contributed by atoms with van der Waals surface area (Å²) in [4.78, 5) is 35.6. The SMILES string of the molecule is CCOC(Cc1ccc(OCCN(CCCCC(F)(F)C(F)(F)C(F)(F)F)C(=O)Oc2ccc(C)c([N+](=O)[O-])c2)cc1)C(=O)O. The molecule has 2 aromatic rings. The fourth-order valence-electron chi connectivity index (χ4n) is 3.95. The first-order valence-corrected chi connectivity index (χ1v) is 13.5. The number of rotatable bonds is 17. The molecule has 250 valence electrons. The van der Waals surface area contributed by atoms with E-state index in [0.29, 0.717) is 11.3 Å². The number of ether oxygens (including phenoxy) is 3. The highest BCUT2D eigenvalue weighted by atomic mass is 19.4. The number of amides is 1. The second kappa shape index (κ2) is 15.7. The number of carbonyl (C=O) groups is 2. The first-order chi connectivity index (χ1) is 20.9. The van der Waals surface area contributed by atoms with Crippen LogP contribution in [-0.4, -0.2) is 77.4 Å². The topological polar surface area (TPSA) is 128 Å². The first-order valence-electron chi connectivity index (χ1n) is 13.5. The average molecular weight is 657 g/mol. The molecule has 0 aromatic heterocycles. The molecule has 0 heterocycles. The maximum absolute atomic E-state index is 13.7. The Morgan fingerprint density at radius 3 is 2.16 bits per heavy atom. The normalized spacial score (nSPS) is 12.8. The molecule has 0 aliphatic carbocycles. The van der Waals surface area contributed by atoms with Gasteiger partial charge in [-0.05, 0) is 56.5 Å². The van der Waals surface area contributed by atoms with Crippen LogP contribution in [0.25, 0.3) is 0 Å². The van der Waals surface area contributed by atoms with Crippen molar-refractivity contribution in [2.45, 2.75) is 63.7 Å². The van der Waals surface area contributed by atoms with Gasteiger partial charge in [-0.25, -0.2) is 9.59 Å². The van der Waals surface area contributed by atoms with Gasteiger partial charge in [-0.3, -0.25) is 10.1 Å². The Morgan fingerprint density at radius 2 is 1.60 bits per heavy atom. The third kappa shape index (κ3) is 10.5. The van der Waals surface area contributed by atoms with Crippen molar-refractivity contribution in [1.29, 1.82) is 0 Å². The summed E-state index contributed by atoms with van der Waals surface area (Å²) in [5, 5.41) is 20.4. The number of alkyl halides is 7. The van der Waals surface area contributed by atoms with Gasteiger partial charge in [0, 0.05) is 31.6 Å². The molecule has 45 heavy (non-hydrogen) atoms. The number of carboxylic acid groups (broad SMARTS) is 1. The second-order valence-corrected chi connectivity index (χ2v) is 9.77. The van der Waals surface area contributed by atoms with Gasteiger partial charge < -0.3 is 24.2 Å². The Bertz CT molecular complexity index is 1310. The number of carbonyl (C=O) groups excluding carboxylic acids is 1. The lowest BCUT2D eigenvalue weighted by Gasteiger charge is -2.28. The Hall–Kier alpha value is -4.15. The minimum atomic E-state index is -6.46. The summed E-state index contributed by atoms with van der Waals surface area (Å²) < 4.78 is 107. The van der Waals surface area contributed by atoms with Gasteiger partial charge in [-0.2, -0.15) is 30.7 Å². The van der Waals surface area contributed by atoms with Gasteiger partial charge in [0.1, 0.15) is 18.1 Å². The van der Waals surface area contributed by atoms with E-state index in [-0.39, 0.29) is 43.2 Å². The summed E-state index contributed by atoms with van der Waals surface area (Å²) in [6, 6.07) is 9.73. The maximum atomic E-state index is 13.7. The number of aliphatic carboxylic acids is 1. The highest BCUT2D eigenvalue weighted by Gasteiger charge is 2.72. The molecule has 1 amide bonds. The molecule has 0 spiro atoms. The number of carboxylic acids is 1. The predicted molar refractivity (Wildman–Crippen MR) is 144 cm³/mol. The third-order valence-electron chi connectivity index (χ3n) is 6.44. The molecule has 0 radical (unpaired) electrons. The second-order valence-electron chi connectivity index (χ2n) is 9.77. The predicted octanol–water partition coefficient (Wildman–Crippen LogP) is 6.82. The molecule has 0 saturated heterocycles. The molecule has 1 atom stereocenters. The van der Waals surface area contributed by atoms with E-state index in [1.54, 1.807) is 19.1 Å². The largest absolute Gasteiger partial charge is 0.492 e. The number of nitro groups is 1. The summed E-state index contributed by atoms with van der Waals surface area (Å²) in [7, 11) is 0. The van der Waals surface area contributed by atoms with Crippen molar-refractivity contribution >= 4 is 17.7 Å². The van der Waals surface area contributed by atoms with Crippen molar-refractivity contribution in [2.75, 3.05) is 26.3 Å². The van der Waals surface area contributed by atoms with Crippen LogP contribution in [0.1, 0.15) is 37.3 Å². The Labute approximate surface area is 252 Å². The summed E-state index contributed by atoms with van der Waals surface area (Å²) >= 11 is 0. The van der Waals surface area contributed by atoms with Crippen molar-refractivity contribution in [1.82, 2.24) is 4.90 Å². The van der Waals surface area contributed by atoms with Gasteiger partial charge in [-0.1, -0.05) is 12.1 Å². The van der Waals surface area contributed by atoms with E-state index in [1.165, 1.54) is 31.2 Å². The molecule has 0 bridgehead atoms. The van der Waals surface area contributed by atoms with E-state index < -0.39 is 66.9 Å². The Balaban J connectivity index is 2.08. The highest BCUT2D eigenvalue weighted by molar-refractivity contribution is 5.72. The van der Waals surface area contributed by atoms with Crippen LogP contribution in [0.15, 0.2) is 42.5 Å². The van der Waals surface area contributed by atoms with Gasteiger partial charge in [0.2, 0.25) is 0 Å². The van der Waals surface area contributed by atoms with Crippen LogP contribution in [0.2, 0.25) is 0 Å². The Kier molecular flexibility index (Phi) is 12.9. The van der Waals surface area contributed by atoms with Crippen LogP contribution in [0.4, 0.5) is 41.2 Å². The van der Waals surface area contributed by atoms with Gasteiger partial charge in [0.25, 0.3) is 5.69 Å². The molecule has 0 aliphatic heterocycles. The smallest absolute Gasteiger partial charge is 0.459 e. The van der Waals surface area contributed by atoms with E-state index in [9.17, 15) is 55.5 Å². The summed E-state index contributed by atoms with van der Waals surface area (Å²) in [6.07, 6.45) is -11.6. The monoisotopic (exact) mass is 656 g/mol. The molecule has 0 fully saturated rings. The molecule has 1 N–H and O–H groups in total. The van der Waals surface area contributed by atoms with E-state index >= 15 is 0 Å². The number of aryl methyl sites for hydroxylation is 1. The standard InChI is InChI=1S/C28H31F7N2O8/c1-3-43-23(24(38)39)16-19-7-10-20(11-8-19)44-15-14-36(13-5-4-12-26(29,30)27(31,32)28(33,34)35)25(40)45-21-9-6-18(2)22(17-21)37(41)42/h6-11,17,23H,3-5,12-16H2,1-2H3,(H,38,39). The number of hydrogen-bond donors (Lipinski definition) is 1. The van der Waals surface area contributed by atoms with Crippen LogP contribution in [0.5, 0.6) is 11.5 Å². The van der Waals surface area contributed by atoms with Crippen LogP contribution in [0.3, 0.4) is 0 Å². The molecule has 1 unspecified atom stereocenters. The summed E-state index contributed by atoms with van der Waals surface area (Å²) in [5.74, 6) is -12.7. The quantitative estimate of drug-likeness (QED) is 0.0851. The number of nitro benzene ring substituents is 1. The zero-order valence-corrected chi connectivity index (χ0v) is 24.1. The van der Waals surface area contributed by atoms with Crippen LogP contribution in [0, 0.1) is 17.0 Å². The van der Waals surface area contributed by atoms with Crippen molar-refractivity contribution in [2.24, 2.45) is 0 Å². The lowest BCUT2D eigenvalue weighted by molar-refractivity contribution is -0.385. The van der Waals surface area contributed by atoms with Crippen LogP contribution < -0.4 is 9.47 Å². The van der Waals surface area contributed by atoms with Crippen molar-refractivity contribution in [3.63, 3.8) is 0 Å². The van der Waals surface area contributed by atoms with Crippen LogP contribution in [-0.2, 0) is 16.0 Å². The fourth-order valence-corrected chi connectivity index (χ4v) is 3.95. The van der Waals surface area contributed by atoms with Gasteiger partial charge >= 0.3 is 30.1 Å². The third-order valence-corrected chi connectivity index (χ3v) is 6.44. The molecule has 0 aliphatic rings. The lowest BCUT2D eigenvalue weighted by Crippen LogP contribution is -2.51. The number of halogens is 7. The number of unbranched alkanes of at least 4 members (excludes halogenated alkanes) is 1. The van der Waals surface area contributed by atoms with Crippen molar-refractivity contribution in [3.05, 3.63) is 63.7 Å². The van der Waals surface area contributed by atoms with E-state index in [2.05, 4.69) is 0 Å². The van der Waals surface area contributed by atoms with Crippen molar-refractivity contribution in [3.8, 4) is 11.5 Å². The van der Waals surface area contributed by atoms with Crippen molar-refractivity contribution < 1.29 is 64.6 Å². The van der Waals surface area contributed by atoms with Gasteiger partial charge in [0.15, 0.2) is 6.10 Å². The molecular weight excluding hydrogens is 625 g/mol. The maximum Gasteiger partial charge on any atom is 0.459 e. The van der Waals surface area contributed by atoms with Gasteiger partial charge in [-0.15, -0.1) is 0 Å². The molecular formula is C28H31F7N2O8. The molecule has 17 heteroatoms. The average Bonchev–Trinajstić information content (AvgIpc) is 2.94. The summed E-state index contributed by atoms with van der Waals surface area (Å²) in [5.41, 5.74) is 0.528. The zero-order chi connectivity index (χ0) is 34.0. The van der Waals surface area contributed by atoms with E-state index in [4.69, 9.17) is 14.2 Å². The van der Waals surface area contributed by atoms with E-state index in [1.807, 2.05) is 0 Å². The Morgan fingerprint density at radius 1 is 0.978 bits per heavy atom. The number of nitrogens with zero attached hydrogens (tertiary/aromatic N) is 2.